The van der Waals surface area contributed by atoms with E-state index in [-0.39, 0.29) is 0 Å². The molecule has 1 N–H and O–H groups in total. The molecular formula is C14H20N2O2S. The molecule has 5 heteroatoms. The van der Waals surface area contributed by atoms with Gasteiger partial charge in [-0.25, -0.2) is 8.42 Å². The van der Waals surface area contributed by atoms with Crippen molar-refractivity contribution in [2.75, 3.05) is 25.0 Å². The number of anilines is 1. The molecular weight excluding hydrogens is 260 g/mol. The second-order valence-corrected chi connectivity index (χ2v) is 7.48. The van der Waals surface area contributed by atoms with Crippen LogP contribution in [0.1, 0.15) is 25.3 Å². The maximum atomic E-state index is 12.8. The summed E-state index contributed by atoms with van der Waals surface area (Å²) in [4.78, 5) is 0.506. The molecule has 1 atom stereocenters. The van der Waals surface area contributed by atoms with Crippen LogP contribution < -0.4 is 5.32 Å². The van der Waals surface area contributed by atoms with E-state index in [4.69, 9.17) is 0 Å². The van der Waals surface area contributed by atoms with Gasteiger partial charge in [0.25, 0.3) is 0 Å². The number of hydrogen-bond donors (Lipinski definition) is 1. The van der Waals surface area contributed by atoms with Gasteiger partial charge in [0.1, 0.15) is 0 Å². The Balaban J connectivity index is 2.02. The number of rotatable bonds is 2. The van der Waals surface area contributed by atoms with E-state index < -0.39 is 10.0 Å². The molecule has 19 heavy (non-hydrogen) atoms. The number of nitrogens with zero attached hydrogens (tertiary/aromatic N) is 1. The molecule has 1 fully saturated rings. The molecule has 1 unspecified atom stereocenters. The molecule has 0 amide bonds. The van der Waals surface area contributed by atoms with Gasteiger partial charge in [-0.2, -0.15) is 4.31 Å². The molecule has 0 aliphatic carbocycles. The summed E-state index contributed by atoms with van der Waals surface area (Å²) in [5.74, 6) is 0.465. The minimum absolute atomic E-state index is 0.465. The highest BCUT2D eigenvalue weighted by Crippen LogP contribution is 2.32. The standard InChI is InChI=1S/C14H20N2O2S/c1-11-7-9-16(10-11)19(17,18)14-6-2-5-13-12(14)4-3-8-15-13/h2,5-6,11,15H,3-4,7-10H2,1H3. The average Bonchev–Trinajstić information content (AvgIpc) is 2.85. The zero-order valence-electron chi connectivity index (χ0n) is 11.2. The van der Waals surface area contributed by atoms with E-state index in [1.54, 1.807) is 10.4 Å². The van der Waals surface area contributed by atoms with Crippen LogP contribution in [0.2, 0.25) is 0 Å². The lowest BCUT2D eigenvalue weighted by atomic mass is 10.0. The van der Waals surface area contributed by atoms with Crippen LogP contribution in [0, 0.1) is 5.92 Å². The number of benzene rings is 1. The van der Waals surface area contributed by atoms with Crippen molar-refractivity contribution in [2.45, 2.75) is 31.1 Å². The number of sulfonamides is 1. The molecule has 3 rings (SSSR count). The van der Waals surface area contributed by atoms with E-state index in [9.17, 15) is 8.42 Å². The summed E-state index contributed by atoms with van der Waals surface area (Å²) in [6.45, 7) is 4.34. The fraction of sp³-hybridized carbons (Fsp3) is 0.571. The first-order valence-electron chi connectivity index (χ1n) is 6.95. The average molecular weight is 280 g/mol. The van der Waals surface area contributed by atoms with Crippen LogP contribution in [0.15, 0.2) is 23.1 Å². The van der Waals surface area contributed by atoms with E-state index >= 15 is 0 Å². The third-order valence-electron chi connectivity index (χ3n) is 4.06. The SMILES string of the molecule is CC1CCN(S(=O)(=O)c2cccc3c2CCCN3)C1. The van der Waals surface area contributed by atoms with E-state index in [2.05, 4.69) is 12.2 Å². The van der Waals surface area contributed by atoms with E-state index in [0.29, 0.717) is 23.9 Å². The molecule has 1 aromatic rings. The van der Waals surface area contributed by atoms with E-state index in [1.807, 2.05) is 12.1 Å². The van der Waals surface area contributed by atoms with Crippen LogP contribution in [-0.2, 0) is 16.4 Å². The summed E-state index contributed by atoms with van der Waals surface area (Å²) in [5, 5.41) is 3.29. The maximum Gasteiger partial charge on any atom is 0.243 e. The number of nitrogens with one attached hydrogen (secondary N) is 1. The van der Waals surface area contributed by atoms with Crippen LogP contribution >= 0.6 is 0 Å². The summed E-state index contributed by atoms with van der Waals surface area (Å²) in [6, 6.07) is 5.56. The second kappa shape index (κ2) is 4.80. The first-order chi connectivity index (χ1) is 9.09. The smallest absolute Gasteiger partial charge is 0.243 e. The lowest BCUT2D eigenvalue weighted by Crippen LogP contribution is -2.30. The zero-order valence-corrected chi connectivity index (χ0v) is 12.0. The normalized spacial score (nSPS) is 23.9. The van der Waals surface area contributed by atoms with Crippen molar-refractivity contribution >= 4 is 15.7 Å². The molecule has 4 nitrogen and oxygen atoms in total. The number of hydrogen-bond acceptors (Lipinski definition) is 3. The van der Waals surface area contributed by atoms with Gasteiger partial charge in [-0.15, -0.1) is 0 Å². The van der Waals surface area contributed by atoms with E-state index in [1.165, 1.54) is 0 Å². The highest BCUT2D eigenvalue weighted by atomic mass is 32.2. The third kappa shape index (κ3) is 2.25. The van der Waals surface area contributed by atoms with Crippen LogP contribution in [0.25, 0.3) is 0 Å². The fourth-order valence-corrected chi connectivity index (χ4v) is 4.82. The van der Waals surface area contributed by atoms with E-state index in [0.717, 1.165) is 37.1 Å². The maximum absolute atomic E-state index is 12.8. The summed E-state index contributed by atoms with van der Waals surface area (Å²) < 4.78 is 27.1. The van der Waals surface area contributed by atoms with Crippen molar-refractivity contribution in [1.82, 2.24) is 4.31 Å². The highest BCUT2D eigenvalue weighted by Gasteiger charge is 2.32. The molecule has 2 aliphatic rings. The Hall–Kier alpha value is -1.07. The summed E-state index contributed by atoms with van der Waals surface area (Å²) in [6.07, 6.45) is 2.81. The zero-order chi connectivity index (χ0) is 13.5. The van der Waals surface area contributed by atoms with Gasteiger partial charge < -0.3 is 5.32 Å². The minimum atomic E-state index is -3.32. The van der Waals surface area contributed by atoms with Gasteiger partial charge in [-0.05, 0) is 42.9 Å². The van der Waals surface area contributed by atoms with Crippen molar-refractivity contribution in [3.63, 3.8) is 0 Å². The molecule has 1 saturated heterocycles. The van der Waals surface area contributed by atoms with Crippen molar-refractivity contribution in [1.29, 1.82) is 0 Å². The quantitative estimate of drug-likeness (QED) is 0.902. The van der Waals surface area contributed by atoms with Gasteiger partial charge in [0, 0.05) is 25.3 Å². The molecule has 104 valence electrons. The molecule has 2 heterocycles. The second-order valence-electron chi connectivity index (χ2n) is 5.57. The van der Waals surface area contributed by atoms with Gasteiger partial charge in [0.15, 0.2) is 0 Å². The Bertz CT molecular complexity index is 583. The van der Waals surface area contributed by atoms with Crippen LogP contribution in [0.3, 0.4) is 0 Å². The van der Waals surface area contributed by atoms with Crippen molar-refractivity contribution in [3.05, 3.63) is 23.8 Å². The van der Waals surface area contributed by atoms with Crippen molar-refractivity contribution < 1.29 is 8.42 Å². The summed E-state index contributed by atoms with van der Waals surface area (Å²) in [7, 11) is -3.32. The first kappa shape index (κ1) is 12.9. The molecule has 0 bridgehead atoms. The Kier molecular flexibility index (Phi) is 3.27. The van der Waals surface area contributed by atoms with Crippen LogP contribution in [0.5, 0.6) is 0 Å². The Morgan fingerprint density at radius 1 is 1.37 bits per heavy atom. The van der Waals surface area contributed by atoms with Crippen LogP contribution in [0.4, 0.5) is 5.69 Å². The van der Waals surface area contributed by atoms with Gasteiger partial charge in [-0.3, -0.25) is 0 Å². The Morgan fingerprint density at radius 2 is 2.21 bits per heavy atom. The van der Waals surface area contributed by atoms with Crippen molar-refractivity contribution in [2.24, 2.45) is 5.92 Å². The topological polar surface area (TPSA) is 49.4 Å². The summed E-state index contributed by atoms with van der Waals surface area (Å²) in [5.41, 5.74) is 1.95. The van der Waals surface area contributed by atoms with Crippen molar-refractivity contribution in [3.8, 4) is 0 Å². The predicted molar refractivity (Wildman–Crippen MR) is 75.8 cm³/mol. The first-order valence-corrected chi connectivity index (χ1v) is 8.39. The molecule has 2 aliphatic heterocycles. The molecule has 0 aromatic heterocycles. The van der Waals surface area contributed by atoms with Gasteiger partial charge >= 0.3 is 0 Å². The molecule has 0 spiro atoms. The lowest BCUT2D eigenvalue weighted by Gasteiger charge is -2.23. The molecule has 0 saturated carbocycles. The van der Waals surface area contributed by atoms with Gasteiger partial charge in [-0.1, -0.05) is 13.0 Å². The lowest BCUT2D eigenvalue weighted by molar-refractivity contribution is 0.463. The Morgan fingerprint density at radius 3 is 2.95 bits per heavy atom. The van der Waals surface area contributed by atoms with Gasteiger partial charge in [0.2, 0.25) is 10.0 Å². The molecule has 1 aromatic carbocycles. The number of fused-ring (bicyclic) bond motifs is 1. The van der Waals surface area contributed by atoms with Crippen LogP contribution in [-0.4, -0.2) is 32.4 Å². The van der Waals surface area contributed by atoms with Gasteiger partial charge in [0.05, 0.1) is 4.90 Å². The predicted octanol–water partition coefficient (Wildman–Crippen LogP) is 2.08. The summed E-state index contributed by atoms with van der Waals surface area (Å²) >= 11 is 0. The Labute approximate surface area is 114 Å². The third-order valence-corrected chi connectivity index (χ3v) is 6.01. The minimum Gasteiger partial charge on any atom is -0.385 e. The fourth-order valence-electron chi connectivity index (χ4n) is 2.97. The highest BCUT2D eigenvalue weighted by molar-refractivity contribution is 7.89. The monoisotopic (exact) mass is 280 g/mol. The largest absolute Gasteiger partial charge is 0.385 e. The molecule has 0 radical (unpaired) electrons.